The van der Waals surface area contributed by atoms with Crippen LogP contribution in [0.1, 0.15) is 38.8 Å². The molecule has 3 aromatic rings. The number of aryl methyl sites for hydroxylation is 1. The molecule has 3 aromatic carbocycles. The smallest absolute Gasteiger partial charge is 0.264 e. The summed E-state index contributed by atoms with van der Waals surface area (Å²) in [4.78, 5) is 28.6. The van der Waals surface area contributed by atoms with Crippen LogP contribution in [0.25, 0.3) is 0 Å². The Bertz CT molecular complexity index is 1390. The second-order valence-corrected chi connectivity index (χ2v) is 13.0. The van der Waals surface area contributed by atoms with Crippen molar-refractivity contribution in [3.05, 3.63) is 94.5 Å². The first-order valence-electron chi connectivity index (χ1n) is 12.3. The number of benzene rings is 3. The maximum atomic E-state index is 13.9. The summed E-state index contributed by atoms with van der Waals surface area (Å²) in [5.74, 6) is -0.821. The lowest BCUT2D eigenvalue weighted by Gasteiger charge is -2.33. The SMILES string of the molecule is Cc1ccccc1N(CC(=O)N(Cc1cccc(Br)c1)[C@@H](C)C(=O)NC(C)(C)C)S(=O)(=O)c1ccccc1. The maximum absolute atomic E-state index is 13.9. The molecule has 1 N–H and O–H groups in total. The number of sulfonamides is 1. The molecule has 0 radical (unpaired) electrons. The molecule has 202 valence electrons. The Morgan fingerprint density at radius 3 is 2.18 bits per heavy atom. The van der Waals surface area contributed by atoms with Gasteiger partial charge >= 0.3 is 0 Å². The quantitative estimate of drug-likeness (QED) is 0.362. The van der Waals surface area contributed by atoms with Crippen LogP contribution < -0.4 is 9.62 Å². The molecule has 0 saturated carbocycles. The number of hydrogen-bond donors (Lipinski definition) is 1. The van der Waals surface area contributed by atoms with Crippen molar-refractivity contribution in [2.45, 2.75) is 57.6 Å². The second-order valence-electron chi connectivity index (χ2n) is 10.2. The van der Waals surface area contributed by atoms with Crippen LogP contribution in [0.2, 0.25) is 0 Å². The minimum absolute atomic E-state index is 0.0770. The molecule has 2 amide bonds. The lowest BCUT2D eigenvalue weighted by Crippen LogP contribution is -2.54. The van der Waals surface area contributed by atoms with Gasteiger partial charge in [0.25, 0.3) is 10.0 Å². The summed E-state index contributed by atoms with van der Waals surface area (Å²) < 4.78 is 29.6. The zero-order valence-electron chi connectivity index (χ0n) is 22.3. The molecule has 0 unspecified atom stereocenters. The van der Waals surface area contributed by atoms with Gasteiger partial charge in [0.2, 0.25) is 11.8 Å². The Kier molecular flexibility index (Phi) is 9.38. The van der Waals surface area contributed by atoms with Crippen molar-refractivity contribution in [2.24, 2.45) is 0 Å². The number of anilines is 1. The van der Waals surface area contributed by atoms with Crippen LogP contribution in [0.15, 0.2) is 88.2 Å². The first-order chi connectivity index (χ1) is 17.8. The first-order valence-corrected chi connectivity index (χ1v) is 14.5. The molecule has 3 rings (SSSR count). The molecule has 38 heavy (non-hydrogen) atoms. The van der Waals surface area contributed by atoms with E-state index in [9.17, 15) is 18.0 Å². The fourth-order valence-electron chi connectivity index (χ4n) is 3.96. The van der Waals surface area contributed by atoms with Crippen LogP contribution in [0.3, 0.4) is 0 Å². The normalized spacial score (nSPS) is 12.5. The van der Waals surface area contributed by atoms with Gasteiger partial charge in [-0.2, -0.15) is 0 Å². The lowest BCUT2D eigenvalue weighted by atomic mass is 10.1. The number of halogens is 1. The summed E-state index contributed by atoms with van der Waals surface area (Å²) in [6.07, 6.45) is 0. The molecule has 0 spiro atoms. The third-order valence-corrected chi connectivity index (χ3v) is 8.17. The number of hydrogen-bond acceptors (Lipinski definition) is 4. The van der Waals surface area contributed by atoms with Gasteiger partial charge in [0.15, 0.2) is 0 Å². The minimum Gasteiger partial charge on any atom is -0.350 e. The van der Waals surface area contributed by atoms with Gasteiger partial charge in [0.05, 0.1) is 10.6 Å². The molecule has 0 aromatic heterocycles. The number of rotatable bonds is 9. The van der Waals surface area contributed by atoms with Crippen LogP contribution in [0.5, 0.6) is 0 Å². The molecule has 0 heterocycles. The van der Waals surface area contributed by atoms with Gasteiger partial charge < -0.3 is 10.2 Å². The highest BCUT2D eigenvalue weighted by Crippen LogP contribution is 2.27. The Hall–Kier alpha value is -3.17. The Balaban J connectivity index is 2.04. The van der Waals surface area contributed by atoms with Gasteiger partial charge in [-0.15, -0.1) is 0 Å². The van der Waals surface area contributed by atoms with Crippen molar-refractivity contribution in [1.82, 2.24) is 10.2 Å². The summed E-state index contributed by atoms with van der Waals surface area (Å²) in [7, 11) is -4.08. The maximum Gasteiger partial charge on any atom is 0.264 e. The molecule has 1 atom stereocenters. The highest BCUT2D eigenvalue weighted by Gasteiger charge is 2.33. The molecule has 7 nitrogen and oxygen atoms in total. The van der Waals surface area contributed by atoms with Crippen molar-refractivity contribution < 1.29 is 18.0 Å². The van der Waals surface area contributed by atoms with Crippen LogP contribution in [0.4, 0.5) is 5.69 Å². The van der Waals surface area contributed by atoms with Crippen molar-refractivity contribution in [3.8, 4) is 0 Å². The average molecular weight is 601 g/mol. The summed E-state index contributed by atoms with van der Waals surface area (Å²) in [5.41, 5.74) is 1.41. The van der Waals surface area contributed by atoms with Crippen LogP contribution in [-0.2, 0) is 26.2 Å². The van der Waals surface area contributed by atoms with Crippen molar-refractivity contribution in [2.75, 3.05) is 10.8 Å². The van der Waals surface area contributed by atoms with Gasteiger partial charge in [-0.05, 0) is 76.1 Å². The first kappa shape index (κ1) is 29.4. The van der Waals surface area contributed by atoms with Gasteiger partial charge in [-0.3, -0.25) is 13.9 Å². The van der Waals surface area contributed by atoms with E-state index in [-0.39, 0.29) is 17.3 Å². The molecule has 0 bridgehead atoms. The molecule has 0 fully saturated rings. The van der Waals surface area contributed by atoms with Gasteiger partial charge in [0.1, 0.15) is 12.6 Å². The van der Waals surface area contributed by atoms with E-state index in [0.29, 0.717) is 11.3 Å². The third-order valence-electron chi connectivity index (χ3n) is 5.90. The zero-order valence-corrected chi connectivity index (χ0v) is 24.7. The minimum atomic E-state index is -4.08. The van der Waals surface area contributed by atoms with Crippen molar-refractivity contribution >= 4 is 43.5 Å². The van der Waals surface area contributed by atoms with Crippen molar-refractivity contribution in [3.63, 3.8) is 0 Å². The molecule has 9 heteroatoms. The number of carbonyl (C=O) groups is 2. The Labute approximate surface area is 234 Å². The molecule has 0 aliphatic heterocycles. The average Bonchev–Trinajstić information content (AvgIpc) is 2.85. The van der Waals surface area contributed by atoms with Gasteiger partial charge in [0, 0.05) is 16.6 Å². The summed E-state index contributed by atoms with van der Waals surface area (Å²) in [6, 6.07) is 21.7. The second kappa shape index (κ2) is 12.1. The van der Waals surface area contributed by atoms with E-state index in [4.69, 9.17) is 0 Å². The Morgan fingerprint density at radius 2 is 1.58 bits per heavy atom. The standard InChI is InChI=1S/C29H34BrN3O4S/c1-21-12-9-10-17-26(21)33(38(36,37)25-15-7-6-8-16-25)20-27(34)32(19-23-13-11-14-24(30)18-23)22(2)28(35)31-29(3,4)5/h6-18,22H,19-20H2,1-5H3,(H,31,35)/t22-/m0/s1. The summed E-state index contributed by atoms with van der Waals surface area (Å²) in [5, 5.41) is 2.93. The van der Waals surface area contributed by atoms with E-state index in [2.05, 4.69) is 21.2 Å². The largest absolute Gasteiger partial charge is 0.350 e. The van der Waals surface area contributed by atoms with Gasteiger partial charge in [-0.25, -0.2) is 8.42 Å². The highest BCUT2D eigenvalue weighted by molar-refractivity contribution is 9.10. The number of carbonyl (C=O) groups excluding carboxylic acids is 2. The molecular weight excluding hydrogens is 566 g/mol. The number of para-hydroxylation sites is 1. The zero-order chi connectivity index (χ0) is 28.1. The van der Waals surface area contributed by atoms with E-state index in [1.165, 1.54) is 17.0 Å². The predicted molar refractivity (Wildman–Crippen MR) is 154 cm³/mol. The molecule has 0 aliphatic carbocycles. The molecular formula is C29H34BrN3O4S. The summed E-state index contributed by atoms with van der Waals surface area (Å²) >= 11 is 3.46. The number of amides is 2. The monoisotopic (exact) mass is 599 g/mol. The molecule has 0 saturated heterocycles. The van der Waals surface area contributed by atoms with E-state index in [1.807, 2.05) is 51.1 Å². The summed E-state index contributed by atoms with van der Waals surface area (Å²) in [6.45, 7) is 8.71. The van der Waals surface area contributed by atoms with E-state index in [0.717, 1.165) is 14.3 Å². The number of nitrogens with zero attached hydrogens (tertiary/aromatic N) is 2. The van der Waals surface area contributed by atoms with E-state index in [1.54, 1.807) is 50.2 Å². The van der Waals surface area contributed by atoms with Crippen LogP contribution in [-0.4, -0.2) is 43.3 Å². The predicted octanol–water partition coefficient (Wildman–Crippen LogP) is 5.28. The van der Waals surface area contributed by atoms with Crippen LogP contribution >= 0.6 is 15.9 Å². The Morgan fingerprint density at radius 1 is 0.947 bits per heavy atom. The third kappa shape index (κ3) is 7.45. The fraction of sp³-hybridized carbons (Fsp3) is 0.310. The van der Waals surface area contributed by atoms with E-state index < -0.39 is 34.1 Å². The van der Waals surface area contributed by atoms with Crippen molar-refractivity contribution in [1.29, 1.82) is 0 Å². The lowest BCUT2D eigenvalue weighted by molar-refractivity contribution is -0.140. The van der Waals surface area contributed by atoms with Crippen LogP contribution in [0, 0.1) is 6.92 Å². The fourth-order valence-corrected chi connectivity index (χ4v) is 5.91. The van der Waals surface area contributed by atoms with Gasteiger partial charge in [-0.1, -0.05) is 64.5 Å². The topological polar surface area (TPSA) is 86.8 Å². The molecule has 0 aliphatic rings. The number of nitrogens with one attached hydrogen (secondary N) is 1. The van der Waals surface area contributed by atoms with E-state index >= 15 is 0 Å². The highest BCUT2D eigenvalue weighted by atomic mass is 79.9.